The van der Waals surface area contributed by atoms with Crippen molar-refractivity contribution >= 4 is 5.97 Å². The number of phenolic OH excluding ortho intramolecular Hbond substituents is 1. The molecule has 0 aliphatic rings. The van der Waals surface area contributed by atoms with E-state index in [-0.39, 0.29) is 41.7 Å². The Hall–Kier alpha value is -0.550. The zero-order valence-corrected chi connectivity index (χ0v) is 9.97. The number of phenols is 1. The molecular weight excluding hydrogens is 193 g/mol. The molecule has 4 nitrogen and oxygen atoms in total. The average molecular weight is 204 g/mol. The molecule has 0 bridgehead atoms. The molecule has 1 aromatic rings. The molecule has 0 aliphatic carbocycles. The van der Waals surface area contributed by atoms with Gasteiger partial charge in [-0.25, -0.2) is 0 Å². The summed E-state index contributed by atoms with van der Waals surface area (Å²) in [6.07, 6.45) is 0.273. The van der Waals surface area contributed by atoms with E-state index in [1.165, 1.54) is 12.1 Å². The molecule has 5 heteroatoms. The van der Waals surface area contributed by atoms with Crippen LogP contribution in [0, 0.1) is 0 Å². The smallest absolute Gasteiger partial charge is 0.508 e. The van der Waals surface area contributed by atoms with Gasteiger partial charge in [0.25, 0.3) is 0 Å². The number of carboxylic acids is 1. The Bertz CT molecular complexity index is 299. The maximum Gasteiger partial charge on any atom is 1.00 e. The van der Waals surface area contributed by atoms with Crippen molar-refractivity contribution in [2.75, 3.05) is 0 Å². The second kappa shape index (κ2) is 6.03. The first-order chi connectivity index (χ1) is 6.09. The third-order valence-electron chi connectivity index (χ3n) is 1.71. The molecule has 0 fully saturated rings. The van der Waals surface area contributed by atoms with E-state index < -0.39 is 12.0 Å². The number of hydrogen-bond donors (Lipinski definition) is 3. The van der Waals surface area contributed by atoms with Crippen molar-refractivity contribution in [3.8, 4) is 5.75 Å². The fraction of sp³-hybridized carbons (Fsp3) is 0.222. The molecule has 0 aromatic heterocycles. The van der Waals surface area contributed by atoms with Crippen LogP contribution in [0.3, 0.4) is 0 Å². The van der Waals surface area contributed by atoms with Crippen molar-refractivity contribution < 1.29 is 44.6 Å². The van der Waals surface area contributed by atoms with Crippen LogP contribution in [0.25, 0.3) is 0 Å². The summed E-state index contributed by atoms with van der Waals surface area (Å²) in [6, 6.07) is 5.42. The topological polar surface area (TPSA) is 83.5 Å². The van der Waals surface area contributed by atoms with Gasteiger partial charge < -0.3 is 15.9 Å². The molecule has 0 spiro atoms. The SMILES string of the molecule is NC(Cc1ccc(O)cc1)C(=O)O.[Na+]. The van der Waals surface area contributed by atoms with Gasteiger partial charge in [0.05, 0.1) is 0 Å². The summed E-state index contributed by atoms with van der Waals surface area (Å²) in [5.74, 6) is -0.860. The summed E-state index contributed by atoms with van der Waals surface area (Å²) in [5.41, 5.74) is 6.12. The van der Waals surface area contributed by atoms with Crippen LogP contribution < -0.4 is 35.3 Å². The number of aliphatic carboxylic acids is 1. The van der Waals surface area contributed by atoms with Crippen LogP contribution in [-0.2, 0) is 11.2 Å². The van der Waals surface area contributed by atoms with Crippen LogP contribution in [0.2, 0.25) is 0 Å². The molecule has 70 valence electrons. The third-order valence-corrected chi connectivity index (χ3v) is 1.71. The summed E-state index contributed by atoms with van der Waals surface area (Å²) in [5, 5.41) is 17.5. The van der Waals surface area contributed by atoms with Crippen molar-refractivity contribution in [1.29, 1.82) is 0 Å². The maximum atomic E-state index is 10.4. The second-order valence-corrected chi connectivity index (χ2v) is 2.82. The molecular formula is C9H11NNaO3+. The second-order valence-electron chi connectivity index (χ2n) is 2.82. The van der Waals surface area contributed by atoms with Crippen LogP contribution >= 0.6 is 0 Å². The van der Waals surface area contributed by atoms with E-state index in [1.807, 2.05) is 0 Å². The molecule has 0 saturated carbocycles. The Morgan fingerprint density at radius 2 is 1.86 bits per heavy atom. The monoisotopic (exact) mass is 204 g/mol. The Kier molecular flexibility index (Phi) is 5.79. The molecule has 1 rings (SSSR count). The van der Waals surface area contributed by atoms with E-state index in [0.29, 0.717) is 0 Å². The molecule has 0 aliphatic heterocycles. The normalized spacial score (nSPS) is 11.5. The van der Waals surface area contributed by atoms with Crippen LogP contribution in [0.4, 0.5) is 0 Å². The number of benzene rings is 1. The van der Waals surface area contributed by atoms with E-state index in [1.54, 1.807) is 12.1 Å². The molecule has 1 aromatic carbocycles. The largest absolute Gasteiger partial charge is 1.00 e. The predicted octanol–water partition coefficient (Wildman–Crippen LogP) is -2.65. The molecule has 0 heterocycles. The van der Waals surface area contributed by atoms with Crippen molar-refractivity contribution in [2.45, 2.75) is 12.5 Å². The zero-order valence-electron chi connectivity index (χ0n) is 7.97. The van der Waals surface area contributed by atoms with Gasteiger partial charge >= 0.3 is 35.5 Å². The fourth-order valence-corrected chi connectivity index (χ4v) is 0.973. The zero-order chi connectivity index (χ0) is 9.84. The Balaban J connectivity index is 0.00000169. The Labute approximate surface area is 104 Å². The van der Waals surface area contributed by atoms with Gasteiger partial charge in [0.2, 0.25) is 0 Å². The number of rotatable bonds is 3. The number of carboxylic acid groups (broad SMARTS) is 1. The first-order valence-corrected chi connectivity index (χ1v) is 3.86. The van der Waals surface area contributed by atoms with Crippen molar-refractivity contribution in [2.24, 2.45) is 5.73 Å². The minimum atomic E-state index is -1.02. The standard InChI is InChI=1S/C9H11NO3.Na/c10-8(9(12)13)5-6-1-3-7(11)4-2-6;/h1-4,8,11H,5,10H2,(H,12,13);/q;+1. The maximum absolute atomic E-state index is 10.4. The molecule has 1 atom stereocenters. The van der Waals surface area contributed by atoms with E-state index in [4.69, 9.17) is 15.9 Å². The van der Waals surface area contributed by atoms with Crippen LogP contribution in [0.1, 0.15) is 5.56 Å². The van der Waals surface area contributed by atoms with Gasteiger partial charge in [0.1, 0.15) is 11.8 Å². The molecule has 14 heavy (non-hydrogen) atoms. The van der Waals surface area contributed by atoms with Gasteiger partial charge in [0.15, 0.2) is 0 Å². The number of aromatic hydroxyl groups is 1. The van der Waals surface area contributed by atoms with Gasteiger partial charge in [-0.2, -0.15) is 0 Å². The summed E-state index contributed by atoms with van der Waals surface area (Å²) >= 11 is 0. The van der Waals surface area contributed by atoms with Gasteiger partial charge in [-0.1, -0.05) is 12.1 Å². The van der Waals surface area contributed by atoms with E-state index >= 15 is 0 Å². The van der Waals surface area contributed by atoms with E-state index in [9.17, 15) is 4.79 Å². The van der Waals surface area contributed by atoms with Crippen LogP contribution in [0.5, 0.6) is 5.75 Å². The first kappa shape index (κ1) is 13.4. The van der Waals surface area contributed by atoms with Crippen molar-refractivity contribution in [3.05, 3.63) is 29.8 Å². The van der Waals surface area contributed by atoms with Gasteiger partial charge in [-0.3, -0.25) is 4.79 Å². The summed E-state index contributed by atoms with van der Waals surface area (Å²) in [6.45, 7) is 0. The Morgan fingerprint density at radius 1 is 1.36 bits per heavy atom. The minimum Gasteiger partial charge on any atom is -0.508 e. The molecule has 1 unspecified atom stereocenters. The quantitative estimate of drug-likeness (QED) is 0.470. The predicted molar refractivity (Wildman–Crippen MR) is 47.4 cm³/mol. The molecule has 0 saturated heterocycles. The van der Waals surface area contributed by atoms with Gasteiger partial charge in [0, 0.05) is 0 Å². The minimum absolute atomic E-state index is 0. The molecule has 0 amide bonds. The fourth-order valence-electron chi connectivity index (χ4n) is 0.973. The van der Waals surface area contributed by atoms with E-state index in [0.717, 1.165) is 5.56 Å². The Morgan fingerprint density at radius 3 is 2.29 bits per heavy atom. The van der Waals surface area contributed by atoms with Gasteiger partial charge in [-0.05, 0) is 24.1 Å². The van der Waals surface area contributed by atoms with E-state index in [2.05, 4.69) is 0 Å². The number of hydrogen-bond acceptors (Lipinski definition) is 3. The molecule has 4 N–H and O–H groups in total. The summed E-state index contributed by atoms with van der Waals surface area (Å²) in [7, 11) is 0. The first-order valence-electron chi connectivity index (χ1n) is 3.86. The summed E-state index contributed by atoms with van der Waals surface area (Å²) < 4.78 is 0. The number of carbonyl (C=O) groups is 1. The van der Waals surface area contributed by atoms with Gasteiger partial charge in [-0.15, -0.1) is 0 Å². The van der Waals surface area contributed by atoms with Crippen molar-refractivity contribution in [3.63, 3.8) is 0 Å². The molecule has 0 radical (unpaired) electrons. The average Bonchev–Trinajstić information content (AvgIpc) is 2.08. The summed E-state index contributed by atoms with van der Waals surface area (Å²) in [4.78, 5) is 10.4. The van der Waals surface area contributed by atoms with Crippen LogP contribution in [-0.4, -0.2) is 22.2 Å². The van der Waals surface area contributed by atoms with Crippen LogP contribution in [0.15, 0.2) is 24.3 Å². The third kappa shape index (κ3) is 4.11. The number of nitrogens with two attached hydrogens (primary N) is 1. The van der Waals surface area contributed by atoms with Crippen molar-refractivity contribution in [1.82, 2.24) is 0 Å².